The number of hydrogen-bond donors (Lipinski definition) is 1. The number of halogens is 1. The SMILES string of the molecule is CCC1(CC)CNCCN1Cc1ccc(Br)s1. The van der Waals surface area contributed by atoms with Gasteiger partial charge in [0.05, 0.1) is 3.79 Å². The fourth-order valence-corrected chi connectivity index (χ4v) is 4.20. The van der Waals surface area contributed by atoms with Crippen molar-refractivity contribution in [2.45, 2.75) is 38.8 Å². The third-order valence-corrected chi connectivity index (χ3v) is 5.58. The summed E-state index contributed by atoms with van der Waals surface area (Å²) in [6.07, 6.45) is 2.45. The largest absolute Gasteiger partial charge is 0.314 e. The Hall–Kier alpha value is 0.1000. The number of nitrogens with one attached hydrogen (secondary N) is 1. The lowest BCUT2D eigenvalue weighted by molar-refractivity contribution is 0.0457. The van der Waals surface area contributed by atoms with Gasteiger partial charge in [0.2, 0.25) is 0 Å². The molecule has 0 unspecified atom stereocenters. The lowest BCUT2D eigenvalue weighted by Gasteiger charge is -2.47. The second-order valence-corrected chi connectivity index (χ2v) is 7.28. The molecule has 1 aromatic rings. The lowest BCUT2D eigenvalue weighted by Crippen LogP contribution is -2.60. The van der Waals surface area contributed by atoms with E-state index < -0.39 is 0 Å². The van der Waals surface area contributed by atoms with E-state index in [9.17, 15) is 0 Å². The molecule has 1 aliphatic heterocycles. The van der Waals surface area contributed by atoms with Gasteiger partial charge in [-0.05, 0) is 40.9 Å². The summed E-state index contributed by atoms with van der Waals surface area (Å²) in [7, 11) is 0. The number of thiophene rings is 1. The van der Waals surface area contributed by atoms with Gasteiger partial charge < -0.3 is 5.32 Å². The summed E-state index contributed by atoms with van der Waals surface area (Å²) in [5.41, 5.74) is 0.356. The van der Waals surface area contributed by atoms with Gasteiger partial charge in [-0.1, -0.05) is 13.8 Å². The summed E-state index contributed by atoms with van der Waals surface area (Å²) in [6.45, 7) is 9.14. The van der Waals surface area contributed by atoms with Crippen molar-refractivity contribution in [3.05, 3.63) is 20.8 Å². The maximum Gasteiger partial charge on any atom is 0.0701 e. The van der Waals surface area contributed by atoms with Gasteiger partial charge in [-0.25, -0.2) is 0 Å². The van der Waals surface area contributed by atoms with Crippen LogP contribution in [0.25, 0.3) is 0 Å². The van der Waals surface area contributed by atoms with Gasteiger partial charge in [0.1, 0.15) is 0 Å². The fourth-order valence-electron chi connectivity index (χ4n) is 2.70. The molecule has 4 heteroatoms. The predicted molar refractivity (Wildman–Crippen MR) is 78.6 cm³/mol. The van der Waals surface area contributed by atoms with Crippen molar-refractivity contribution >= 4 is 27.3 Å². The molecule has 0 amide bonds. The molecule has 0 bridgehead atoms. The average molecular weight is 317 g/mol. The van der Waals surface area contributed by atoms with Crippen molar-refractivity contribution in [3.63, 3.8) is 0 Å². The molecule has 0 radical (unpaired) electrons. The van der Waals surface area contributed by atoms with E-state index in [1.807, 2.05) is 11.3 Å². The van der Waals surface area contributed by atoms with Gasteiger partial charge in [-0.15, -0.1) is 11.3 Å². The summed E-state index contributed by atoms with van der Waals surface area (Å²) < 4.78 is 1.24. The van der Waals surface area contributed by atoms with E-state index >= 15 is 0 Å². The van der Waals surface area contributed by atoms with E-state index in [4.69, 9.17) is 0 Å². The van der Waals surface area contributed by atoms with Crippen molar-refractivity contribution in [2.24, 2.45) is 0 Å². The molecule has 2 nitrogen and oxygen atoms in total. The Kier molecular flexibility index (Phi) is 4.64. The zero-order chi connectivity index (χ0) is 12.3. The third kappa shape index (κ3) is 2.92. The minimum atomic E-state index is 0.356. The number of nitrogens with zero attached hydrogens (tertiary/aromatic N) is 1. The first-order chi connectivity index (χ1) is 8.20. The quantitative estimate of drug-likeness (QED) is 0.915. The molecule has 0 aromatic carbocycles. The fraction of sp³-hybridized carbons (Fsp3) is 0.692. The zero-order valence-corrected chi connectivity index (χ0v) is 13.0. The standard InChI is InChI=1S/C13H21BrN2S/c1-3-13(4-2)10-15-7-8-16(13)9-11-5-6-12(14)17-11/h5-6,15H,3-4,7-10H2,1-2H3. The van der Waals surface area contributed by atoms with Crippen LogP contribution in [0.5, 0.6) is 0 Å². The molecule has 1 saturated heterocycles. The van der Waals surface area contributed by atoms with E-state index in [1.54, 1.807) is 0 Å². The molecule has 1 fully saturated rings. The molecule has 17 heavy (non-hydrogen) atoms. The van der Waals surface area contributed by atoms with Crippen LogP contribution in [0.15, 0.2) is 15.9 Å². The number of piperazine rings is 1. The minimum Gasteiger partial charge on any atom is -0.314 e. The first-order valence-electron chi connectivity index (χ1n) is 6.40. The maximum absolute atomic E-state index is 3.55. The van der Waals surface area contributed by atoms with Gasteiger partial charge in [0.15, 0.2) is 0 Å². The summed E-state index contributed by atoms with van der Waals surface area (Å²) >= 11 is 5.40. The third-order valence-electron chi connectivity index (χ3n) is 3.98. The van der Waals surface area contributed by atoms with Crippen molar-refractivity contribution in [1.29, 1.82) is 0 Å². The van der Waals surface area contributed by atoms with E-state index in [1.165, 1.54) is 21.5 Å². The molecule has 2 rings (SSSR count). The zero-order valence-electron chi connectivity index (χ0n) is 10.6. The van der Waals surface area contributed by atoms with Gasteiger partial charge in [0, 0.05) is 36.6 Å². The van der Waals surface area contributed by atoms with E-state index in [2.05, 4.69) is 52.1 Å². The van der Waals surface area contributed by atoms with Gasteiger partial charge in [0.25, 0.3) is 0 Å². The second-order valence-electron chi connectivity index (χ2n) is 4.74. The Morgan fingerprint density at radius 2 is 2.18 bits per heavy atom. The van der Waals surface area contributed by atoms with Crippen LogP contribution in [-0.2, 0) is 6.54 Å². The molecule has 0 atom stereocenters. The van der Waals surface area contributed by atoms with Crippen LogP contribution in [0.2, 0.25) is 0 Å². The summed E-state index contributed by atoms with van der Waals surface area (Å²) in [4.78, 5) is 4.13. The predicted octanol–water partition coefficient (Wildman–Crippen LogP) is 3.47. The first-order valence-corrected chi connectivity index (χ1v) is 8.01. The van der Waals surface area contributed by atoms with Gasteiger partial charge in [-0.3, -0.25) is 4.90 Å². The highest BCUT2D eigenvalue weighted by Gasteiger charge is 2.35. The lowest BCUT2D eigenvalue weighted by atomic mass is 9.88. The van der Waals surface area contributed by atoms with Crippen LogP contribution in [0.3, 0.4) is 0 Å². The normalized spacial score (nSPS) is 20.6. The molecule has 1 N–H and O–H groups in total. The molecule has 1 aliphatic rings. The maximum atomic E-state index is 3.55. The molecule has 96 valence electrons. The van der Waals surface area contributed by atoms with Crippen LogP contribution in [0.4, 0.5) is 0 Å². The second kappa shape index (κ2) is 5.83. The topological polar surface area (TPSA) is 15.3 Å². The van der Waals surface area contributed by atoms with Crippen LogP contribution in [0.1, 0.15) is 31.6 Å². The smallest absolute Gasteiger partial charge is 0.0701 e. The summed E-state index contributed by atoms with van der Waals surface area (Å²) in [6, 6.07) is 4.40. The van der Waals surface area contributed by atoms with Gasteiger partial charge in [-0.2, -0.15) is 0 Å². The van der Waals surface area contributed by atoms with Crippen LogP contribution in [0, 0.1) is 0 Å². The number of hydrogen-bond acceptors (Lipinski definition) is 3. The van der Waals surface area contributed by atoms with Crippen molar-refractivity contribution in [1.82, 2.24) is 10.2 Å². The van der Waals surface area contributed by atoms with E-state index in [-0.39, 0.29) is 0 Å². The summed E-state index contributed by atoms with van der Waals surface area (Å²) in [5, 5.41) is 3.55. The molecule has 1 aromatic heterocycles. The Balaban J connectivity index is 2.11. The van der Waals surface area contributed by atoms with Crippen LogP contribution in [-0.4, -0.2) is 30.1 Å². The van der Waals surface area contributed by atoms with Gasteiger partial charge >= 0.3 is 0 Å². The highest BCUT2D eigenvalue weighted by molar-refractivity contribution is 9.11. The monoisotopic (exact) mass is 316 g/mol. The van der Waals surface area contributed by atoms with Crippen LogP contribution < -0.4 is 5.32 Å². The van der Waals surface area contributed by atoms with Crippen molar-refractivity contribution in [3.8, 4) is 0 Å². The highest BCUT2D eigenvalue weighted by Crippen LogP contribution is 2.30. The molecule has 2 heterocycles. The number of rotatable bonds is 4. The summed E-state index contributed by atoms with van der Waals surface area (Å²) in [5.74, 6) is 0. The Bertz CT molecular complexity index is 360. The molecule has 0 aliphatic carbocycles. The molecule has 0 saturated carbocycles. The van der Waals surface area contributed by atoms with Crippen molar-refractivity contribution < 1.29 is 0 Å². The van der Waals surface area contributed by atoms with Crippen LogP contribution >= 0.6 is 27.3 Å². The molecular formula is C13H21BrN2S. The first kappa shape index (κ1) is 13.5. The Morgan fingerprint density at radius 1 is 1.41 bits per heavy atom. The highest BCUT2D eigenvalue weighted by atomic mass is 79.9. The van der Waals surface area contributed by atoms with E-state index in [0.717, 1.165) is 26.2 Å². The molecular weight excluding hydrogens is 296 g/mol. The van der Waals surface area contributed by atoms with Crippen molar-refractivity contribution in [2.75, 3.05) is 19.6 Å². The molecule has 0 spiro atoms. The Labute approximate surface area is 117 Å². The van der Waals surface area contributed by atoms with E-state index in [0.29, 0.717) is 5.54 Å². The Morgan fingerprint density at radius 3 is 2.76 bits per heavy atom. The average Bonchev–Trinajstić information content (AvgIpc) is 2.76. The minimum absolute atomic E-state index is 0.356.